The van der Waals surface area contributed by atoms with Crippen LogP contribution in [0.2, 0.25) is 0 Å². The third kappa shape index (κ3) is 2.92. The lowest BCUT2D eigenvalue weighted by atomic mass is 10.2. The Labute approximate surface area is 84.8 Å². The maximum atomic E-state index is 5.60. The Morgan fingerprint density at radius 1 is 1.36 bits per heavy atom. The van der Waals surface area contributed by atoms with Crippen LogP contribution in [0.15, 0.2) is 18.2 Å². The highest BCUT2D eigenvalue weighted by Crippen LogP contribution is 2.27. The van der Waals surface area contributed by atoms with E-state index in [4.69, 9.17) is 15.2 Å². The number of ether oxygens (including phenoxy) is 2. The van der Waals surface area contributed by atoms with Crippen molar-refractivity contribution in [2.75, 3.05) is 13.7 Å². The molecule has 0 heterocycles. The fourth-order valence-electron chi connectivity index (χ4n) is 1.12. The molecule has 0 unspecified atom stereocenters. The maximum Gasteiger partial charge on any atom is 0.161 e. The average Bonchev–Trinajstić information content (AvgIpc) is 2.15. The van der Waals surface area contributed by atoms with Gasteiger partial charge in [0.2, 0.25) is 0 Å². The Hall–Kier alpha value is -1.22. The number of benzene rings is 1. The van der Waals surface area contributed by atoms with Crippen LogP contribution in [0, 0.1) is 6.92 Å². The van der Waals surface area contributed by atoms with Gasteiger partial charge < -0.3 is 15.2 Å². The first kappa shape index (κ1) is 10.9. The summed E-state index contributed by atoms with van der Waals surface area (Å²) in [7, 11) is 1.63. The Balaban J connectivity index is 2.75. The molecule has 1 aromatic carbocycles. The van der Waals surface area contributed by atoms with Gasteiger partial charge in [-0.25, -0.2) is 0 Å². The summed E-state index contributed by atoms with van der Waals surface area (Å²) in [5.41, 5.74) is 6.74. The predicted molar refractivity (Wildman–Crippen MR) is 56.9 cm³/mol. The number of rotatable bonds is 4. The van der Waals surface area contributed by atoms with Gasteiger partial charge >= 0.3 is 0 Å². The topological polar surface area (TPSA) is 44.5 Å². The highest BCUT2D eigenvalue weighted by molar-refractivity contribution is 5.42. The van der Waals surface area contributed by atoms with Crippen molar-refractivity contribution in [3.63, 3.8) is 0 Å². The van der Waals surface area contributed by atoms with Gasteiger partial charge in [0.15, 0.2) is 11.5 Å². The van der Waals surface area contributed by atoms with Crippen LogP contribution in [0.5, 0.6) is 11.5 Å². The fraction of sp³-hybridized carbons (Fsp3) is 0.455. The second-order valence-electron chi connectivity index (χ2n) is 3.44. The molecule has 3 heteroatoms. The quantitative estimate of drug-likeness (QED) is 0.795. The van der Waals surface area contributed by atoms with Crippen LogP contribution < -0.4 is 15.2 Å². The first-order valence-electron chi connectivity index (χ1n) is 4.66. The van der Waals surface area contributed by atoms with Crippen LogP contribution in [-0.4, -0.2) is 19.8 Å². The number of nitrogens with two attached hydrogens (primary N) is 1. The molecule has 2 N–H and O–H groups in total. The normalized spacial score (nSPS) is 12.3. The summed E-state index contributed by atoms with van der Waals surface area (Å²) in [6.07, 6.45) is 0. The molecule has 0 aromatic heterocycles. The van der Waals surface area contributed by atoms with E-state index in [9.17, 15) is 0 Å². The molecule has 0 radical (unpaired) electrons. The maximum absolute atomic E-state index is 5.60. The lowest BCUT2D eigenvalue weighted by Gasteiger charge is -2.12. The van der Waals surface area contributed by atoms with Crippen molar-refractivity contribution in [3.05, 3.63) is 23.8 Å². The molecule has 78 valence electrons. The van der Waals surface area contributed by atoms with Crippen molar-refractivity contribution in [2.45, 2.75) is 19.9 Å². The lowest BCUT2D eigenvalue weighted by molar-refractivity contribution is 0.278. The zero-order valence-corrected chi connectivity index (χ0v) is 8.91. The molecule has 0 aliphatic rings. The summed E-state index contributed by atoms with van der Waals surface area (Å²) in [4.78, 5) is 0. The number of methoxy groups -OCH3 is 1. The van der Waals surface area contributed by atoms with Gasteiger partial charge in [-0.3, -0.25) is 0 Å². The lowest BCUT2D eigenvalue weighted by Crippen LogP contribution is -2.23. The molecule has 0 aliphatic carbocycles. The largest absolute Gasteiger partial charge is 0.493 e. The van der Waals surface area contributed by atoms with Crippen molar-refractivity contribution < 1.29 is 9.47 Å². The summed E-state index contributed by atoms with van der Waals surface area (Å²) in [6, 6.07) is 5.85. The van der Waals surface area contributed by atoms with Crippen LogP contribution in [0.1, 0.15) is 12.5 Å². The molecule has 0 spiro atoms. The summed E-state index contributed by atoms with van der Waals surface area (Å²) >= 11 is 0. The zero-order chi connectivity index (χ0) is 10.6. The Morgan fingerprint density at radius 2 is 2.07 bits per heavy atom. The molecule has 1 rings (SSSR count). The molecule has 1 aromatic rings. The number of aryl methyl sites for hydroxylation is 1. The Kier molecular flexibility index (Phi) is 3.77. The van der Waals surface area contributed by atoms with Crippen molar-refractivity contribution >= 4 is 0 Å². The van der Waals surface area contributed by atoms with Gasteiger partial charge in [0.1, 0.15) is 6.61 Å². The average molecular weight is 195 g/mol. The predicted octanol–water partition coefficient (Wildman–Crippen LogP) is 1.73. The van der Waals surface area contributed by atoms with Gasteiger partial charge in [-0.15, -0.1) is 0 Å². The number of hydrogen-bond donors (Lipinski definition) is 1. The van der Waals surface area contributed by atoms with E-state index < -0.39 is 0 Å². The minimum Gasteiger partial charge on any atom is -0.493 e. The van der Waals surface area contributed by atoms with Crippen LogP contribution in [-0.2, 0) is 0 Å². The second kappa shape index (κ2) is 4.86. The molecule has 3 nitrogen and oxygen atoms in total. The van der Waals surface area contributed by atoms with Gasteiger partial charge in [-0.1, -0.05) is 6.07 Å². The highest BCUT2D eigenvalue weighted by Gasteiger charge is 2.04. The zero-order valence-electron chi connectivity index (χ0n) is 8.91. The van der Waals surface area contributed by atoms with E-state index in [1.165, 1.54) is 0 Å². The SMILES string of the molecule is COc1cc(C)ccc1OC[C@H](C)N. The van der Waals surface area contributed by atoms with Gasteiger partial charge in [0.05, 0.1) is 7.11 Å². The smallest absolute Gasteiger partial charge is 0.161 e. The van der Waals surface area contributed by atoms with Crippen molar-refractivity contribution in [3.8, 4) is 11.5 Å². The van der Waals surface area contributed by atoms with E-state index in [0.29, 0.717) is 6.61 Å². The molecular formula is C11H17NO2. The molecule has 0 fully saturated rings. The van der Waals surface area contributed by atoms with Crippen molar-refractivity contribution in [1.82, 2.24) is 0 Å². The molecule has 0 saturated heterocycles. The summed E-state index contributed by atoms with van der Waals surface area (Å²) in [6.45, 7) is 4.41. The first-order valence-corrected chi connectivity index (χ1v) is 4.66. The summed E-state index contributed by atoms with van der Waals surface area (Å²) in [5.74, 6) is 1.50. The number of hydrogen-bond acceptors (Lipinski definition) is 3. The standard InChI is InChI=1S/C11H17NO2/c1-8-4-5-10(11(6-8)13-3)14-7-9(2)12/h4-6,9H,7,12H2,1-3H3/t9-/m0/s1. The van der Waals surface area contributed by atoms with E-state index in [0.717, 1.165) is 17.1 Å². The molecular weight excluding hydrogens is 178 g/mol. The van der Waals surface area contributed by atoms with Gasteiger partial charge in [0, 0.05) is 6.04 Å². The molecule has 0 saturated carbocycles. The Bertz CT molecular complexity index is 297. The van der Waals surface area contributed by atoms with Gasteiger partial charge in [-0.05, 0) is 31.5 Å². The minimum absolute atomic E-state index is 0.0287. The van der Waals surface area contributed by atoms with Crippen LogP contribution in [0.3, 0.4) is 0 Å². The third-order valence-corrected chi connectivity index (χ3v) is 1.82. The van der Waals surface area contributed by atoms with E-state index in [1.807, 2.05) is 32.0 Å². The van der Waals surface area contributed by atoms with Crippen LogP contribution in [0.25, 0.3) is 0 Å². The minimum atomic E-state index is 0.0287. The molecule has 14 heavy (non-hydrogen) atoms. The molecule has 0 amide bonds. The van der Waals surface area contributed by atoms with E-state index in [-0.39, 0.29) is 6.04 Å². The van der Waals surface area contributed by atoms with E-state index in [1.54, 1.807) is 7.11 Å². The second-order valence-corrected chi connectivity index (χ2v) is 3.44. The highest BCUT2D eigenvalue weighted by atomic mass is 16.5. The monoisotopic (exact) mass is 195 g/mol. The summed E-state index contributed by atoms with van der Waals surface area (Å²) < 4.78 is 10.7. The van der Waals surface area contributed by atoms with Crippen molar-refractivity contribution in [2.24, 2.45) is 5.73 Å². The third-order valence-electron chi connectivity index (χ3n) is 1.82. The van der Waals surface area contributed by atoms with Crippen LogP contribution in [0.4, 0.5) is 0 Å². The van der Waals surface area contributed by atoms with Crippen LogP contribution >= 0.6 is 0 Å². The summed E-state index contributed by atoms with van der Waals surface area (Å²) in [5, 5.41) is 0. The van der Waals surface area contributed by atoms with Gasteiger partial charge in [0.25, 0.3) is 0 Å². The molecule has 0 bridgehead atoms. The molecule has 1 atom stereocenters. The van der Waals surface area contributed by atoms with Crippen molar-refractivity contribution in [1.29, 1.82) is 0 Å². The van der Waals surface area contributed by atoms with E-state index >= 15 is 0 Å². The Morgan fingerprint density at radius 3 is 2.64 bits per heavy atom. The molecule has 0 aliphatic heterocycles. The van der Waals surface area contributed by atoms with Gasteiger partial charge in [-0.2, -0.15) is 0 Å². The fourth-order valence-corrected chi connectivity index (χ4v) is 1.12. The first-order chi connectivity index (χ1) is 6.63. The van der Waals surface area contributed by atoms with E-state index in [2.05, 4.69) is 0 Å².